The number of aromatic nitrogens is 4. The van der Waals surface area contributed by atoms with Crippen LogP contribution in [0.4, 0.5) is 11.4 Å². The molecule has 8 rings (SSSR count). The van der Waals surface area contributed by atoms with Crippen LogP contribution in [0.25, 0.3) is 0 Å². The molecular weight excluding hydrogens is 633 g/mol. The van der Waals surface area contributed by atoms with E-state index in [2.05, 4.69) is 131 Å². The molecule has 8 nitrogen and oxygen atoms in total. The van der Waals surface area contributed by atoms with Crippen molar-refractivity contribution in [1.82, 2.24) is 19.1 Å². The second-order valence-corrected chi connectivity index (χ2v) is 16.4. The summed E-state index contributed by atoms with van der Waals surface area (Å²) in [4.78, 5) is 8.38. The lowest BCUT2D eigenvalue weighted by atomic mass is 9.83. The fraction of sp³-hybridized carbons (Fsp3) is 0.395. The van der Waals surface area contributed by atoms with E-state index in [1.165, 1.54) is 22.3 Å². The molecule has 0 bridgehead atoms. The van der Waals surface area contributed by atoms with Gasteiger partial charge in [0.1, 0.15) is 0 Å². The zero-order valence-electron chi connectivity index (χ0n) is 30.9. The standard InChI is InChI=1S/C43H50N6O2/c1-41(2,3)35-25-31(13-9-11-19-46-21-17-44-29-46)23-33-27-48-37-15-7-8-16-38(37)49-28-34-24-32(14-10-12-20-47-22-18-45-30-47)26-36(42(4,5)6)40(34)51-43(48,49)50-39(33)35/h7-8,15-18,21-30H,9-14,19-20H2,1-6H3/q+2. The van der Waals surface area contributed by atoms with E-state index in [4.69, 9.17) is 9.47 Å². The topological polar surface area (TPSA) is 60.1 Å². The highest BCUT2D eigenvalue weighted by atomic mass is 16.7. The molecule has 0 N–H and O–H groups in total. The number of imidazole rings is 2. The van der Waals surface area contributed by atoms with Crippen LogP contribution in [0.3, 0.4) is 0 Å². The first-order chi connectivity index (χ1) is 24.5. The van der Waals surface area contributed by atoms with Gasteiger partial charge in [-0.3, -0.25) is 0 Å². The maximum atomic E-state index is 7.34. The maximum absolute atomic E-state index is 7.34. The number of nitrogens with zero attached hydrogens (tertiary/aromatic N) is 6. The number of hydrogen-bond acceptors (Lipinski definition) is 4. The van der Waals surface area contributed by atoms with Crippen molar-refractivity contribution in [2.75, 3.05) is 0 Å². The largest absolute Gasteiger partial charge is 0.715 e. The fourth-order valence-electron chi connectivity index (χ4n) is 7.69. The molecule has 5 heterocycles. The van der Waals surface area contributed by atoms with Gasteiger partial charge in [-0.25, -0.2) is 9.97 Å². The average molecular weight is 683 g/mol. The Kier molecular flexibility index (Phi) is 8.23. The fourth-order valence-corrected chi connectivity index (χ4v) is 7.69. The minimum atomic E-state index is -1.22. The first-order valence-corrected chi connectivity index (χ1v) is 18.5. The molecule has 0 unspecified atom stereocenters. The molecule has 0 atom stereocenters. The maximum Gasteiger partial charge on any atom is 0.715 e. The normalized spacial score (nSPS) is 15.4. The highest BCUT2D eigenvalue weighted by Gasteiger charge is 2.73. The quantitative estimate of drug-likeness (QED) is 0.109. The van der Waals surface area contributed by atoms with E-state index in [9.17, 15) is 0 Å². The summed E-state index contributed by atoms with van der Waals surface area (Å²) in [7, 11) is 0. The summed E-state index contributed by atoms with van der Waals surface area (Å²) >= 11 is 0. The molecule has 0 saturated carbocycles. The van der Waals surface area contributed by atoms with Crippen molar-refractivity contribution >= 4 is 23.8 Å². The predicted molar refractivity (Wildman–Crippen MR) is 201 cm³/mol. The Morgan fingerprint density at radius 3 is 1.47 bits per heavy atom. The number of rotatable bonds is 10. The molecule has 0 fully saturated rings. The van der Waals surface area contributed by atoms with Crippen LogP contribution in [0.2, 0.25) is 0 Å². The average Bonchev–Trinajstić information content (AvgIpc) is 3.86. The second kappa shape index (κ2) is 12.7. The van der Waals surface area contributed by atoms with Crippen LogP contribution in [0.1, 0.15) is 101 Å². The van der Waals surface area contributed by atoms with Crippen LogP contribution in [0.15, 0.2) is 86.0 Å². The molecule has 0 amide bonds. The molecule has 262 valence electrons. The minimum Gasteiger partial charge on any atom is -0.339 e. The Bertz CT molecular complexity index is 1980. The van der Waals surface area contributed by atoms with Crippen molar-refractivity contribution < 1.29 is 18.6 Å². The Labute approximate surface area is 301 Å². The van der Waals surface area contributed by atoms with Gasteiger partial charge in [0.2, 0.25) is 0 Å². The van der Waals surface area contributed by atoms with Gasteiger partial charge in [-0.1, -0.05) is 65.8 Å². The molecule has 5 aromatic rings. The van der Waals surface area contributed by atoms with E-state index in [1.807, 2.05) is 37.4 Å². The summed E-state index contributed by atoms with van der Waals surface area (Å²) in [6.45, 7) is 15.6. The lowest BCUT2D eigenvalue weighted by molar-refractivity contribution is -0.831. The van der Waals surface area contributed by atoms with Crippen molar-refractivity contribution in [2.24, 2.45) is 0 Å². The van der Waals surface area contributed by atoms with Crippen LogP contribution >= 0.6 is 0 Å². The minimum absolute atomic E-state index is 0.139. The van der Waals surface area contributed by atoms with Crippen molar-refractivity contribution in [3.8, 4) is 11.5 Å². The van der Waals surface area contributed by atoms with Crippen molar-refractivity contribution in [1.29, 1.82) is 0 Å². The number of para-hydroxylation sites is 2. The first kappa shape index (κ1) is 33.2. The van der Waals surface area contributed by atoms with Gasteiger partial charge in [-0.15, -0.1) is 0 Å². The summed E-state index contributed by atoms with van der Waals surface area (Å²) in [6.07, 6.45) is 22.5. The molecule has 51 heavy (non-hydrogen) atoms. The molecule has 3 aromatic carbocycles. The third kappa shape index (κ3) is 6.19. The summed E-state index contributed by atoms with van der Waals surface area (Å²) in [5.41, 5.74) is 9.08. The summed E-state index contributed by atoms with van der Waals surface area (Å²) < 4.78 is 23.4. The van der Waals surface area contributed by atoms with Crippen molar-refractivity contribution in [3.05, 3.63) is 119 Å². The summed E-state index contributed by atoms with van der Waals surface area (Å²) in [6, 6.07) is 16.7. The van der Waals surface area contributed by atoms with Gasteiger partial charge in [0.25, 0.3) is 11.4 Å². The van der Waals surface area contributed by atoms with Crippen LogP contribution in [0, 0.1) is 0 Å². The SMILES string of the molecule is CC(C)(C)c1cc(CCCCn2ccnc2)cc2c1OC13Oc4c(cc(CCCCn5ccnc5)cc4C(C)(C)C)C=[N+]1c1ccccc1[N+]3=C2. The van der Waals surface area contributed by atoms with Gasteiger partial charge < -0.3 is 18.6 Å². The molecule has 0 radical (unpaired) electrons. The summed E-state index contributed by atoms with van der Waals surface area (Å²) in [5, 5.41) is 0. The lowest BCUT2D eigenvalue weighted by Crippen LogP contribution is -2.59. The molecule has 1 spiro atoms. The third-order valence-electron chi connectivity index (χ3n) is 10.4. The highest BCUT2D eigenvalue weighted by molar-refractivity contribution is 5.87. The third-order valence-corrected chi connectivity index (χ3v) is 10.4. The number of unbranched alkanes of at least 4 members (excludes halogenated alkanes) is 2. The molecule has 3 aliphatic heterocycles. The van der Waals surface area contributed by atoms with E-state index in [-0.39, 0.29) is 10.8 Å². The molecule has 0 saturated heterocycles. The van der Waals surface area contributed by atoms with E-state index < -0.39 is 6.03 Å². The molecule has 8 heteroatoms. The van der Waals surface area contributed by atoms with E-state index >= 15 is 0 Å². The van der Waals surface area contributed by atoms with Gasteiger partial charge in [0.05, 0.1) is 23.8 Å². The zero-order valence-corrected chi connectivity index (χ0v) is 30.9. The number of fused-ring (bicyclic) bond motifs is 5. The number of aryl methyl sites for hydroxylation is 4. The van der Waals surface area contributed by atoms with Crippen LogP contribution in [-0.2, 0) is 36.8 Å². The van der Waals surface area contributed by atoms with Crippen LogP contribution in [0.5, 0.6) is 11.5 Å². The Balaban J connectivity index is 1.17. The Morgan fingerprint density at radius 1 is 0.627 bits per heavy atom. The van der Waals surface area contributed by atoms with E-state index in [1.54, 1.807) is 0 Å². The predicted octanol–water partition coefficient (Wildman–Crippen LogP) is 8.66. The van der Waals surface area contributed by atoms with Gasteiger partial charge in [0.15, 0.2) is 23.9 Å². The van der Waals surface area contributed by atoms with Crippen LogP contribution in [-0.4, -0.2) is 46.7 Å². The Morgan fingerprint density at radius 2 is 1.08 bits per heavy atom. The monoisotopic (exact) mass is 682 g/mol. The summed E-state index contributed by atoms with van der Waals surface area (Å²) in [5.74, 6) is 1.78. The smallest absolute Gasteiger partial charge is 0.339 e. The lowest BCUT2D eigenvalue weighted by Gasteiger charge is -2.33. The number of benzene rings is 3. The molecule has 3 aliphatic rings. The van der Waals surface area contributed by atoms with E-state index in [0.717, 1.165) is 85.6 Å². The van der Waals surface area contributed by atoms with Gasteiger partial charge >= 0.3 is 6.03 Å². The van der Waals surface area contributed by atoms with Gasteiger partial charge in [0, 0.05) is 61.1 Å². The number of ether oxygens (including phenoxy) is 2. The molecular formula is C43H50N6O2+2. The Hall–Kier alpha value is -4.98. The first-order valence-electron chi connectivity index (χ1n) is 18.5. The highest BCUT2D eigenvalue weighted by Crippen LogP contribution is 2.51. The van der Waals surface area contributed by atoms with Gasteiger partial charge in [-0.2, -0.15) is 0 Å². The van der Waals surface area contributed by atoms with Crippen molar-refractivity contribution in [2.45, 2.75) is 110 Å². The van der Waals surface area contributed by atoms with Gasteiger partial charge in [-0.05, 0) is 81.8 Å². The van der Waals surface area contributed by atoms with Crippen LogP contribution < -0.4 is 9.47 Å². The molecule has 2 aromatic heterocycles. The number of hydrogen-bond donors (Lipinski definition) is 0. The molecule has 0 aliphatic carbocycles. The second-order valence-electron chi connectivity index (χ2n) is 16.4. The van der Waals surface area contributed by atoms with E-state index in [0.29, 0.717) is 0 Å². The van der Waals surface area contributed by atoms with Crippen molar-refractivity contribution in [3.63, 3.8) is 0 Å². The zero-order chi connectivity index (χ0) is 35.4.